The summed E-state index contributed by atoms with van der Waals surface area (Å²) in [4.78, 5) is 0. The SMILES string of the molecule is C1=C[C@H]2OCC(Oc3ccccc3)[C@H]2O1. The Bertz CT molecular complexity index is 360. The molecule has 2 aliphatic rings. The fraction of sp³-hybridized carbons (Fsp3) is 0.333. The molecule has 3 nitrogen and oxygen atoms in total. The first kappa shape index (κ1) is 8.80. The highest BCUT2D eigenvalue weighted by atomic mass is 16.6. The van der Waals surface area contributed by atoms with Crippen molar-refractivity contribution in [3.63, 3.8) is 0 Å². The van der Waals surface area contributed by atoms with Crippen molar-refractivity contribution in [2.24, 2.45) is 0 Å². The zero-order chi connectivity index (χ0) is 10.1. The molecule has 78 valence electrons. The van der Waals surface area contributed by atoms with Crippen molar-refractivity contribution in [3.05, 3.63) is 42.7 Å². The van der Waals surface area contributed by atoms with E-state index in [0.29, 0.717) is 6.61 Å². The highest BCUT2D eigenvalue weighted by molar-refractivity contribution is 5.22. The summed E-state index contributed by atoms with van der Waals surface area (Å²) in [6.07, 6.45) is 3.70. The van der Waals surface area contributed by atoms with Crippen molar-refractivity contribution >= 4 is 0 Å². The average Bonchev–Trinajstić information content (AvgIpc) is 2.85. The lowest BCUT2D eigenvalue weighted by Gasteiger charge is -2.18. The molecule has 1 unspecified atom stereocenters. The van der Waals surface area contributed by atoms with Crippen LogP contribution in [-0.2, 0) is 9.47 Å². The van der Waals surface area contributed by atoms with E-state index in [2.05, 4.69) is 0 Å². The summed E-state index contributed by atoms with van der Waals surface area (Å²) in [7, 11) is 0. The third-order valence-electron chi connectivity index (χ3n) is 2.68. The normalized spacial score (nSPS) is 32.4. The van der Waals surface area contributed by atoms with Crippen molar-refractivity contribution in [2.45, 2.75) is 18.3 Å². The van der Waals surface area contributed by atoms with Crippen LogP contribution in [-0.4, -0.2) is 24.9 Å². The Kier molecular flexibility index (Phi) is 2.10. The molecule has 1 fully saturated rings. The van der Waals surface area contributed by atoms with E-state index >= 15 is 0 Å². The minimum atomic E-state index is -0.00704. The van der Waals surface area contributed by atoms with E-state index in [1.165, 1.54) is 0 Å². The number of hydrogen-bond acceptors (Lipinski definition) is 3. The molecule has 2 heterocycles. The van der Waals surface area contributed by atoms with Crippen molar-refractivity contribution in [1.82, 2.24) is 0 Å². The molecular formula is C12H12O3. The number of rotatable bonds is 2. The second kappa shape index (κ2) is 3.59. The van der Waals surface area contributed by atoms with Gasteiger partial charge in [-0.15, -0.1) is 0 Å². The van der Waals surface area contributed by atoms with Crippen LogP contribution in [0.25, 0.3) is 0 Å². The molecule has 3 rings (SSSR count). The molecule has 1 aromatic rings. The molecule has 3 heteroatoms. The highest BCUT2D eigenvalue weighted by Gasteiger charge is 2.41. The molecule has 0 spiro atoms. The lowest BCUT2D eigenvalue weighted by molar-refractivity contribution is 0.0595. The monoisotopic (exact) mass is 204 g/mol. The van der Waals surface area contributed by atoms with Gasteiger partial charge in [0, 0.05) is 0 Å². The van der Waals surface area contributed by atoms with Gasteiger partial charge in [-0.2, -0.15) is 0 Å². The quantitative estimate of drug-likeness (QED) is 0.734. The van der Waals surface area contributed by atoms with Crippen LogP contribution in [0, 0.1) is 0 Å². The second-order valence-electron chi connectivity index (χ2n) is 3.70. The van der Waals surface area contributed by atoms with E-state index in [-0.39, 0.29) is 18.3 Å². The molecule has 2 aliphatic heterocycles. The topological polar surface area (TPSA) is 27.7 Å². The maximum Gasteiger partial charge on any atom is 0.166 e. The molecule has 0 amide bonds. The second-order valence-corrected chi connectivity index (χ2v) is 3.70. The largest absolute Gasteiger partial charge is 0.491 e. The summed E-state index contributed by atoms with van der Waals surface area (Å²) in [6, 6.07) is 9.76. The van der Waals surface area contributed by atoms with E-state index in [4.69, 9.17) is 14.2 Å². The molecule has 1 saturated heterocycles. The van der Waals surface area contributed by atoms with Crippen LogP contribution in [0.4, 0.5) is 0 Å². The van der Waals surface area contributed by atoms with Gasteiger partial charge < -0.3 is 14.2 Å². The third kappa shape index (κ3) is 1.59. The summed E-state index contributed by atoms with van der Waals surface area (Å²) in [5, 5.41) is 0. The molecule has 0 N–H and O–H groups in total. The Morgan fingerprint density at radius 3 is 2.93 bits per heavy atom. The van der Waals surface area contributed by atoms with E-state index in [1.807, 2.05) is 36.4 Å². The summed E-state index contributed by atoms with van der Waals surface area (Å²) >= 11 is 0. The predicted octanol–water partition coefficient (Wildman–Crippen LogP) is 1.75. The fourth-order valence-corrected chi connectivity index (χ4v) is 1.93. The Morgan fingerprint density at radius 1 is 1.20 bits per heavy atom. The first-order valence-electron chi connectivity index (χ1n) is 5.09. The molecule has 0 saturated carbocycles. The molecule has 0 bridgehead atoms. The fourth-order valence-electron chi connectivity index (χ4n) is 1.93. The minimum absolute atomic E-state index is 0.00704. The minimum Gasteiger partial charge on any atom is -0.491 e. The average molecular weight is 204 g/mol. The molecule has 15 heavy (non-hydrogen) atoms. The van der Waals surface area contributed by atoms with Crippen LogP contribution < -0.4 is 4.74 Å². The molecule has 0 aromatic heterocycles. The van der Waals surface area contributed by atoms with Crippen LogP contribution in [0.3, 0.4) is 0 Å². The Hall–Kier alpha value is -1.48. The van der Waals surface area contributed by atoms with E-state index < -0.39 is 0 Å². The van der Waals surface area contributed by atoms with Gasteiger partial charge >= 0.3 is 0 Å². The van der Waals surface area contributed by atoms with Crippen molar-refractivity contribution in [1.29, 1.82) is 0 Å². The smallest absolute Gasteiger partial charge is 0.166 e. The number of hydrogen-bond donors (Lipinski definition) is 0. The Balaban J connectivity index is 1.70. The number of fused-ring (bicyclic) bond motifs is 1. The number of benzene rings is 1. The first-order valence-corrected chi connectivity index (χ1v) is 5.09. The van der Waals surface area contributed by atoms with E-state index in [0.717, 1.165) is 5.75 Å². The van der Waals surface area contributed by atoms with Crippen LogP contribution >= 0.6 is 0 Å². The maximum atomic E-state index is 5.80. The van der Waals surface area contributed by atoms with E-state index in [9.17, 15) is 0 Å². The Morgan fingerprint density at radius 2 is 2.07 bits per heavy atom. The van der Waals surface area contributed by atoms with Gasteiger partial charge in [0.25, 0.3) is 0 Å². The molecule has 0 radical (unpaired) electrons. The summed E-state index contributed by atoms with van der Waals surface area (Å²) in [5.74, 6) is 0.863. The standard InChI is InChI=1S/C12H12O3/c1-2-4-9(5-3-1)15-11-8-14-10-6-7-13-12(10)11/h1-7,10-12H,8H2/t10-,11?,12+/m1/s1. The summed E-state index contributed by atoms with van der Waals surface area (Å²) in [5.41, 5.74) is 0. The van der Waals surface area contributed by atoms with Crippen LogP contribution in [0.5, 0.6) is 5.75 Å². The van der Waals surface area contributed by atoms with Crippen LogP contribution in [0.1, 0.15) is 0 Å². The lowest BCUT2D eigenvalue weighted by atomic mass is 10.2. The number of para-hydroxylation sites is 1. The summed E-state index contributed by atoms with van der Waals surface area (Å²) < 4.78 is 16.8. The summed E-state index contributed by atoms with van der Waals surface area (Å²) in [6.45, 7) is 0.592. The molecule has 0 aliphatic carbocycles. The first-order chi connectivity index (χ1) is 7.43. The van der Waals surface area contributed by atoms with Crippen molar-refractivity contribution in [2.75, 3.05) is 6.61 Å². The molecule has 1 aromatic carbocycles. The lowest BCUT2D eigenvalue weighted by Crippen LogP contribution is -2.32. The van der Waals surface area contributed by atoms with Gasteiger partial charge in [0.1, 0.15) is 11.9 Å². The van der Waals surface area contributed by atoms with Gasteiger partial charge in [-0.1, -0.05) is 18.2 Å². The third-order valence-corrected chi connectivity index (χ3v) is 2.68. The van der Waals surface area contributed by atoms with Crippen molar-refractivity contribution < 1.29 is 14.2 Å². The highest BCUT2D eigenvalue weighted by Crippen LogP contribution is 2.27. The van der Waals surface area contributed by atoms with Crippen molar-refractivity contribution in [3.8, 4) is 5.75 Å². The van der Waals surface area contributed by atoms with Gasteiger partial charge in [-0.25, -0.2) is 0 Å². The van der Waals surface area contributed by atoms with Gasteiger partial charge in [0.2, 0.25) is 0 Å². The van der Waals surface area contributed by atoms with E-state index in [1.54, 1.807) is 6.26 Å². The van der Waals surface area contributed by atoms with Crippen LogP contribution in [0.15, 0.2) is 42.7 Å². The van der Waals surface area contributed by atoms with Gasteiger partial charge in [0.15, 0.2) is 12.2 Å². The molecular weight excluding hydrogens is 192 g/mol. The zero-order valence-electron chi connectivity index (χ0n) is 8.21. The Labute approximate surface area is 88.3 Å². The predicted molar refractivity (Wildman–Crippen MR) is 54.6 cm³/mol. The van der Waals surface area contributed by atoms with Crippen LogP contribution in [0.2, 0.25) is 0 Å². The maximum absolute atomic E-state index is 5.80. The number of ether oxygens (including phenoxy) is 3. The molecule has 3 atom stereocenters. The van der Waals surface area contributed by atoms with Gasteiger partial charge in [0.05, 0.1) is 12.9 Å². The van der Waals surface area contributed by atoms with Gasteiger partial charge in [-0.05, 0) is 18.2 Å². The van der Waals surface area contributed by atoms with Gasteiger partial charge in [-0.3, -0.25) is 0 Å². The zero-order valence-corrected chi connectivity index (χ0v) is 8.21.